The van der Waals surface area contributed by atoms with Gasteiger partial charge >= 0.3 is 0 Å². The van der Waals surface area contributed by atoms with Crippen LogP contribution in [0.25, 0.3) is 0 Å². The zero-order valence-electron chi connectivity index (χ0n) is 14.8. The lowest BCUT2D eigenvalue weighted by atomic mass is 10.2. The fourth-order valence-electron chi connectivity index (χ4n) is 2.23. The average Bonchev–Trinajstić information content (AvgIpc) is 2.42. The van der Waals surface area contributed by atoms with E-state index in [1.807, 2.05) is 6.92 Å². The van der Waals surface area contributed by atoms with Crippen molar-refractivity contribution in [2.45, 2.75) is 60.0 Å². The van der Waals surface area contributed by atoms with Gasteiger partial charge < -0.3 is 15.7 Å². The number of hydrogen-bond donors (Lipinski definition) is 3. The van der Waals surface area contributed by atoms with E-state index in [0.29, 0.717) is 18.6 Å². The summed E-state index contributed by atoms with van der Waals surface area (Å²) in [6.45, 7) is 16.7. The number of aliphatic imine (C=N–C) groups is 1. The first-order valence-electron chi connectivity index (χ1n) is 8.31. The van der Waals surface area contributed by atoms with Crippen LogP contribution in [0.1, 0.15) is 48.0 Å². The third-order valence-electron chi connectivity index (χ3n) is 3.43. The first-order chi connectivity index (χ1) is 9.92. The Morgan fingerprint density at radius 3 is 2.19 bits per heavy atom. The van der Waals surface area contributed by atoms with E-state index in [0.717, 1.165) is 32.0 Å². The highest BCUT2D eigenvalue weighted by Gasteiger charge is 2.12. The van der Waals surface area contributed by atoms with Crippen LogP contribution >= 0.6 is 0 Å². The summed E-state index contributed by atoms with van der Waals surface area (Å²) in [7, 11) is 0. The Balaban J connectivity index is 4.13. The Kier molecular flexibility index (Phi) is 11.4. The van der Waals surface area contributed by atoms with Gasteiger partial charge in [0.25, 0.3) is 0 Å². The van der Waals surface area contributed by atoms with Crippen LogP contribution in [0.15, 0.2) is 4.99 Å². The Hall–Kier alpha value is -0.810. The molecule has 126 valence electrons. The predicted molar refractivity (Wildman–Crippen MR) is 91.8 cm³/mol. The second kappa shape index (κ2) is 11.8. The molecule has 0 saturated carbocycles. The highest BCUT2D eigenvalue weighted by molar-refractivity contribution is 5.79. The summed E-state index contributed by atoms with van der Waals surface area (Å²) in [5.41, 5.74) is 0. The number of hydrogen-bond acceptors (Lipinski definition) is 3. The quantitative estimate of drug-likeness (QED) is 0.326. The number of rotatable bonds is 10. The molecule has 0 aromatic carbocycles. The molecule has 0 rings (SSSR count). The third-order valence-corrected chi connectivity index (χ3v) is 3.43. The minimum Gasteiger partial charge on any atom is -0.396 e. The van der Waals surface area contributed by atoms with Crippen molar-refractivity contribution in [2.24, 2.45) is 10.9 Å². The van der Waals surface area contributed by atoms with E-state index >= 15 is 0 Å². The average molecular weight is 300 g/mol. The van der Waals surface area contributed by atoms with E-state index in [1.54, 1.807) is 0 Å². The number of nitrogens with zero attached hydrogens (tertiary/aromatic N) is 2. The summed E-state index contributed by atoms with van der Waals surface area (Å²) in [5, 5.41) is 15.6. The number of guanidine groups is 1. The lowest BCUT2D eigenvalue weighted by Crippen LogP contribution is -2.41. The normalized spacial score (nSPS) is 14.1. The molecule has 0 bridgehead atoms. The molecule has 1 atom stereocenters. The zero-order chi connectivity index (χ0) is 16.3. The van der Waals surface area contributed by atoms with Crippen LogP contribution in [-0.4, -0.2) is 60.8 Å². The van der Waals surface area contributed by atoms with Gasteiger partial charge in [0, 0.05) is 44.9 Å². The molecule has 0 aliphatic heterocycles. The molecule has 0 aromatic heterocycles. The largest absolute Gasteiger partial charge is 0.396 e. The monoisotopic (exact) mass is 300 g/mol. The van der Waals surface area contributed by atoms with Crippen LogP contribution in [0.3, 0.4) is 0 Å². The summed E-state index contributed by atoms with van der Waals surface area (Å²) in [5.74, 6) is 1.05. The predicted octanol–water partition coefficient (Wildman–Crippen LogP) is 1.68. The van der Waals surface area contributed by atoms with Crippen molar-refractivity contribution in [3.8, 4) is 0 Å². The van der Waals surface area contributed by atoms with Crippen LogP contribution in [0.4, 0.5) is 0 Å². The van der Waals surface area contributed by atoms with Crippen molar-refractivity contribution in [1.29, 1.82) is 0 Å². The molecule has 1 unspecified atom stereocenters. The van der Waals surface area contributed by atoms with E-state index in [2.05, 4.69) is 55.1 Å². The fourth-order valence-corrected chi connectivity index (χ4v) is 2.23. The van der Waals surface area contributed by atoms with Crippen molar-refractivity contribution in [1.82, 2.24) is 15.5 Å². The molecule has 5 nitrogen and oxygen atoms in total. The van der Waals surface area contributed by atoms with Gasteiger partial charge in [-0.15, -0.1) is 0 Å². The first kappa shape index (κ1) is 20.2. The van der Waals surface area contributed by atoms with Crippen LogP contribution < -0.4 is 10.6 Å². The first-order valence-corrected chi connectivity index (χ1v) is 8.31. The minimum absolute atomic E-state index is 0.181. The van der Waals surface area contributed by atoms with E-state index in [-0.39, 0.29) is 12.5 Å². The van der Waals surface area contributed by atoms with Crippen LogP contribution in [-0.2, 0) is 0 Å². The second-order valence-corrected chi connectivity index (χ2v) is 6.21. The summed E-state index contributed by atoms with van der Waals surface area (Å²) in [6, 6.07) is 1.16. The smallest absolute Gasteiger partial charge is 0.191 e. The Morgan fingerprint density at radius 2 is 1.71 bits per heavy atom. The second-order valence-electron chi connectivity index (χ2n) is 6.21. The highest BCUT2D eigenvalue weighted by atomic mass is 16.3. The molecule has 0 radical (unpaired) electrons. The lowest BCUT2D eigenvalue weighted by Gasteiger charge is -2.30. The van der Waals surface area contributed by atoms with Crippen molar-refractivity contribution >= 4 is 5.96 Å². The Morgan fingerprint density at radius 1 is 1.10 bits per heavy atom. The van der Waals surface area contributed by atoms with E-state index in [1.165, 1.54) is 0 Å². The van der Waals surface area contributed by atoms with Gasteiger partial charge in [-0.05, 0) is 47.0 Å². The molecule has 0 saturated heterocycles. The molecule has 0 amide bonds. The molecule has 0 aromatic rings. The van der Waals surface area contributed by atoms with Crippen molar-refractivity contribution in [2.75, 3.05) is 32.8 Å². The van der Waals surface area contributed by atoms with Crippen molar-refractivity contribution < 1.29 is 5.11 Å². The Labute approximate surface area is 131 Å². The summed E-state index contributed by atoms with van der Waals surface area (Å²) in [4.78, 5) is 6.99. The molecule has 0 heterocycles. The number of aliphatic hydroxyl groups is 1. The molecule has 0 fully saturated rings. The SMILES string of the molecule is CCNC(=NCC(C)CO)NCCCN(C(C)C)C(C)C. The molecule has 0 aliphatic carbocycles. The topological polar surface area (TPSA) is 59.9 Å². The van der Waals surface area contributed by atoms with Gasteiger partial charge in [-0.2, -0.15) is 0 Å². The van der Waals surface area contributed by atoms with Crippen molar-refractivity contribution in [3.05, 3.63) is 0 Å². The van der Waals surface area contributed by atoms with Gasteiger partial charge in [0.1, 0.15) is 0 Å². The zero-order valence-corrected chi connectivity index (χ0v) is 14.8. The van der Waals surface area contributed by atoms with Gasteiger partial charge in [0.15, 0.2) is 5.96 Å². The minimum atomic E-state index is 0.181. The highest BCUT2D eigenvalue weighted by Crippen LogP contribution is 2.05. The molecule has 0 spiro atoms. The molecule has 5 heteroatoms. The number of aliphatic hydroxyl groups excluding tert-OH is 1. The number of nitrogens with one attached hydrogen (secondary N) is 2. The van der Waals surface area contributed by atoms with Gasteiger partial charge in [-0.25, -0.2) is 0 Å². The van der Waals surface area contributed by atoms with Gasteiger partial charge in [-0.1, -0.05) is 6.92 Å². The summed E-state index contributed by atoms with van der Waals surface area (Å²) >= 11 is 0. The van der Waals surface area contributed by atoms with Crippen LogP contribution in [0.5, 0.6) is 0 Å². The lowest BCUT2D eigenvalue weighted by molar-refractivity contribution is 0.173. The Bertz CT molecular complexity index is 271. The van der Waals surface area contributed by atoms with E-state index < -0.39 is 0 Å². The van der Waals surface area contributed by atoms with E-state index in [4.69, 9.17) is 5.11 Å². The molecule has 0 aliphatic rings. The van der Waals surface area contributed by atoms with Crippen molar-refractivity contribution in [3.63, 3.8) is 0 Å². The maximum atomic E-state index is 9.04. The van der Waals surface area contributed by atoms with Crippen LogP contribution in [0.2, 0.25) is 0 Å². The summed E-state index contributed by atoms with van der Waals surface area (Å²) < 4.78 is 0. The van der Waals surface area contributed by atoms with Crippen LogP contribution in [0, 0.1) is 5.92 Å². The van der Waals surface area contributed by atoms with E-state index in [9.17, 15) is 0 Å². The van der Waals surface area contributed by atoms with Gasteiger partial charge in [0.05, 0.1) is 0 Å². The van der Waals surface area contributed by atoms with Gasteiger partial charge in [-0.3, -0.25) is 9.89 Å². The molecule has 3 N–H and O–H groups in total. The fraction of sp³-hybridized carbons (Fsp3) is 0.938. The standard InChI is InChI=1S/C16H36N4O/c1-7-17-16(19-11-15(6)12-21)18-9-8-10-20(13(2)3)14(4)5/h13-15,21H,7-12H2,1-6H3,(H2,17,18,19). The maximum Gasteiger partial charge on any atom is 0.191 e. The van der Waals surface area contributed by atoms with Gasteiger partial charge in [0.2, 0.25) is 0 Å². The third kappa shape index (κ3) is 9.69. The molecular formula is C16H36N4O. The summed E-state index contributed by atoms with van der Waals surface area (Å²) in [6.07, 6.45) is 1.09. The maximum absolute atomic E-state index is 9.04. The molecule has 21 heavy (non-hydrogen) atoms. The molecular weight excluding hydrogens is 264 g/mol.